The molecule has 1 aromatic carbocycles. The van der Waals surface area contributed by atoms with Crippen molar-refractivity contribution in [3.8, 4) is 11.4 Å². The first-order chi connectivity index (χ1) is 12.2. The molecule has 1 aliphatic heterocycles. The number of hydrogen-bond donors (Lipinski definition) is 0. The Morgan fingerprint density at radius 3 is 2.69 bits per heavy atom. The van der Waals surface area contributed by atoms with Gasteiger partial charge in [-0.25, -0.2) is 9.78 Å². The minimum atomic E-state index is -0.621. The van der Waals surface area contributed by atoms with Gasteiger partial charge in [-0.1, -0.05) is 0 Å². The van der Waals surface area contributed by atoms with E-state index in [9.17, 15) is 9.59 Å². The van der Waals surface area contributed by atoms with E-state index in [-0.39, 0.29) is 18.1 Å². The minimum absolute atomic E-state index is 0.139. The van der Waals surface area contributed by atoms with Crippen LogP contribution in [0, 0.1) is 0 Å². The highest BCUT2D eigenvalue weighted by atomic mass is 16.6. The summed E-state index contributed by atoms with van der Waals surface area (Å²) in [5.74, 6) is -0.00851. The maximum atomic E-state index is 12.8. The van der Waals surface area contributed by atoms with Gasteiger partial charge in [0.15, 0.2) is 5.69 Å². The molecule has 0 aliphatic carbocycles. The quantitative estimate of drug-likeness (QED) is 0.790. The van der Waals surface area contributed by atoms with Crippen LogP contribution in [0.2, 0.25) is 0 Å². The van der Waals surface area contributed by atoms with Crippen LogP contribution in [0.15, 0.2) is 24.5 Å². The molecule has 1 aromatic heterocycles. The van der Waals surface area contributed by atoms with Crippen LogP contribution in [-0.2, 0) is 11.3 Å². The van der Waals surface area contributed by atoms with E-state index in [1.807, 2.05) is 6.92 Å². The van der Waals surface area contributed by atoms with Crippen LogP contribution >= 0.6 is 0 Å². The molecule has 138 valence electrons. The molecule has 3 rings (SSSR count). The summed E-state index contributed by atoms with van der Waals surface area (Å²) in [6, 6.07) is 5.33. The molecular formula is C19H23N3O4. The van der Waals surface area contributed by atoms with E-state index in [2.05, 4.69) is 4.98 Å². The highest BCUT2D eigenvalue weighted by Gasteiger charge is 2.30. The minimum Gasteiger partial charge on any atom is -0.494 e. The van der Waals surface area contributed by atoms with E-state index in [1.165, 1.54) is 0 Å². The van der Waals surface area contributed by atoms with Crippen LogP contribution in [0.1, 0.15) is 54.2 Å². The Hall–Kier alpha value is -2.83. The molecule has 0 N–H and O–H groups in total. The van der Waals surface area contributed by atoms with Gasteiger partial charge in [-0.2, -0.15) is 0 Å². The van der Waals surface area contributed by atoms with Crippen molar-refractivity contribution < 1.29 is 19.1 Å². The van der Waals surface area contributed by atoms with Gasteiger partial charge in [0.2, 0.25) is 0 Å². The van der Waals surface area contributed by atoms with Gasteiger partial charge in [0.1, 0.15) is 17.7 Å². The number of rotatable bonds is 3. The van der Waals surface area contributed by atoms with Crippen LogP contribution in [0.4, 0.5) is 0 Å². The van der Waals surface area contributed by atoms with Crippen molar-refractivity contribution >= 4 is 11.9 Å². The predicted octanol–water partition coefficient (Wildman–Crippen LogP) is 2.81. The van der Waals surface area contributed by atoms with Crippen molar-refractivity contribution in [1.82, 2.24) is 14.5 Å². The number of imidazole rings is 1. The lowest BCUT2D eigenvalue weighted by molar-refractivity contribution is 0.00608. The van der Waals surface area contributed by atoms with E-state index in [0.29, 0.717) is 29.3 Å². The summed E-state index contributed by atoms with van der Waals surface area (Å²) >= 11 is 0. The summed E-state index contributed by atoms with van der Waals surface area (Å²) in [6.07, 6.45) is 1.56. The first-order valence-corrected chi connectivity index (χ1v) is 8.53. The van der Waals surface area contributed by atoms with E-state index < -0.39 is 11.6 Å². The van der Waals surface area contributed by atoms with Crippen molar-refractivity contribution in [3.63, 3.8) is 0 Å². The third kappa shape index (κ3) is 3.29. The zero-order valence-electron chi connectivity index (χ0n) is 15.7. The van der Waals surface area contributed by atoms with Crippen molar-refractivity contribution in [3.05, 3.63) is 41.5 Å². The monoisotopic (exact) mass is 357 g/mol. The Morgan fingerprint density at radius 2 is 2.04 bits per heavy atom. The average Bonchev–Trinajstić information content (AvgIpc) is 2.92. The molecule has 0 unspecified atom stereocenters. The number of aromatic nitrogens is 2. The fraction of sp³-hybridized carbons (Fsp3) is 0.421. The second kappa shape index (κ2) is 6.48. The lowest BCUT2D eigenvalue weighted by atomic mass is 10.1. The number of fused-ring (bicyclic) bond motifs is 3. The number of nitrogens with zero attached hydrogens (tertiary/aromatic N) is 3. The van der Waals surface area contributed by atoms with Crippen molar-refractivity contribution in [2.24, 2.45) is 0 Å². The smallest absolute Gasteiger partial charge is 0.359 e. The van der Waals surface area contributed by atoms with E-state index in [0.717, 1.165) is 0 Å². The number of ether oxygens (including phenoxy) is 2. The number of amides is 1. The average molecular weight is 357 g/mol. The maximum Gasteiger partial charge on any atom is 0.359 e. The lowest BCUT2D eigenvalue weighted by Crippen LogP contribution is -2.27. The van der Waals surface area contributed by atoms with Gasteiger partial charge in [0.25, 0.3) is 5.91 Å². The highest BCUT2D eigenvalue weighted by Crippen LogP contribution is 2.29. The predicted molar refractivity (Wildman–Crippen MR) is 95.7 cm³/mol. The van der Waals surface area contributed by atoms with Crippen molar-refractivity contribution in [2.75, 3.05) is 13.7 Å². The van der Waals surface area contributed by atoms with Gasteiger partial charge in [-0.3, -0.25) is 9.36 Å². The molecule has 0 bridgehead atoms. The number of esters is 1. The molecule has 0 spiro atoms. The van der Waals surface area contributed by atoms with Gasteiger partial charge in [0.05, 0.1) is 30.1 Å². The van der Waals surface area contributed by atoms with E-state index in [4.69, 9.17) is 9.47 Å². The zero-order chi connectivity index (χ0) is 19.1. The van der Waals surface area contributed by atoms with Crippen LogP contribution in [0.25, 0.3) is 5.69 Å². The fourth-order valence-corrected chi connectivity index (χ4v) is 2.88. The summed E-state index contributed by atoms with van der Waals surface area (Å²) in [5.41, 5.74) is 1.40. The highest BCUT2D eigenvalue weighted by molar-refractivity contribution is 5.99. The van der Waals surface area contributed by atoms with Gasteiger partial charge < -0.3 is 14.4 Å². The Kier molecular flexibility index (Phi) is 4.48. The maximum absolute atomic E-state index is 12.8. The number of carbonyl (C=O) groups excluding carboxylic acids is 2. The zero-order valence-corrected chi connectivity index (χ0v) is 15.7. The SMILES string of the molecule is CCOc1ccc2c(c1)C(=O)N(C)Cc1c(C(=O)OC(C)(C)C)ncn1-2. The molecule has 7 heteroatoms. The van der Waals surface area contributed by atoms with Gasteiger partial charge in [-0.15, -0.1) is 0 Å². The van der Waals surface area contributed by atoms with Crippen molar-refractivity contribution in [1.29, 1.82) is 0 Å². The van der Waals surface area contributed by atoms with Crippen LogP contribution < -0.4 is 4.74 Å². The summed E-state index contributed by atoms with van der Waals surface area (Å²) < 4.78 is 12.7. The number of carbonyl (C=O) groups is 2. The standard InChI is InChI=1S/C19H23N3O4/c1-6-25-12-7-8-14-13(9-12)17(23)21(5)10-15-16(20-11-22(14)15)18(24)26-19(2,3)4/h7-9,11H,6,10H2,1-5H3. The Morgan fingerprint density at radius 1 is 1.31 bits per heavy atom. The molecule has 0 radical (unpaired) electrons. The Bertz CT molecular complexity index is 864. The third-order valence-electron chi connectivity index (χ3n) is 3.96. The number of benzene rings is 1. The van der Waals surface area contributed by atoms with Crippen LogP contribution in [0.3, 0.4) is 0 Å². The first-order valence-electron chi connectivity index (χ1n) is 8.53. The summed E-state index contributed by atoms with van der Waals surface area (Å²) in [4.78, 5) is 31.1. The molecular weight excluding hydrogens is 334 g/mol. The molecule has 2 aromatic rings. The van der Waals surface area contributed by atoms with Gasteiger partial charge in [0, 0.05) is 7.05 Å². The summed E-state index contributed by atoms with van der Waals surface area (Å²) in [7, 11) is 1.70. The molecule has 26 heavy (non-hydrogen) atoms. The molecule has 0 fully saturated rings. The van der Waals surface area contributed by atoms with Gasteiger partial charge in [-0.05, 0) is 45.9 Å². The Balaban J connectivity index is 2.10. The van der Waals surface area contributed by atoms with Crippen LogP contribution in [0.5, 0.6) is 5.75 Å². The van der Waals surface area contributed by atoms with Crippen molar-refractivity contribution in [2.45, 2.75) is 39.8 Å². The number of hydrogen-bond acceptors (Lipinski definition) is 5. The molecule has 0 atom stereocenters. The molecule has 7 nitrogen and oxygen atoms in total. The fourth-order valence-electron chi connectivity index (χ4n) is 2.88. The summed E-state index contributed by atoms with van der Waals surface area (Å²) in [6.45, 7) is 8.08. The largest absolute Gasteiger partial charge is 0.494 e. The molecule has 2 heterocycles. The molecule has 0 saturated carbocycles. The molecule has 1 aliphatic rings. The van der Waals surface area contributed by atoms with Crippen LogP contribution in [-0.4, -0.2) is 45.6 Å². The van der Waals surface area contributed by atoms with E-state index in [1.54, 1.807) is 61.8 Å². The molecule has 0 saturated heterocycles. The first kappa shape index (κ1) is 18.0. The van der Waals surface area contributed by atoms with E-state index >= 15 is 0 Å². The Labute approximate surface area is 152 Å². The second-order valence-corrected chi connectivity index (χ2v) is 7.18. The third-order valence-corrected chi connectivity index (χ3v) is 3.96. The lowest BCUT2D eigenvalue weighted by Gasteiger charge is -2.19. The van der Waals surface area contributed by atoms with Gasteiger partial charge >= 0.3 is 5.97 Å². The summed E-state index contributed by atoms with van der Waals surface area (Å²) in [5, 5.41) is 0. The molecule has 1 amide bonds. The normalized spacial score (nSPS) is 13.7. The second-order valence-electron chi connectivity index (χ2n) is 7.18. The topological polar surface area (TPSA) is 73.7 Å².